The Kier molecular flexibility index (Phi) is 3.82. The van der Waals surface area contributed by atoms with Crippen molar-refractivity contribution in [2.75, 3.05) is 7.11 Å². The highest BCUT2D eigenvalue weighted by atomic mass is 19.3. The molecule has 0 saturated heterocycles. The number of rotatable bonds is 4. The minimum Gasteiger partial charge on any atom is -0.369 e. The Morgan fingerprint density at radius 2 is 1.50 bits per heavy atom. The van der Waals surface area contributed by atoms with Crippen molar-refractivity contribution in [2.24, 2.45) is 0 Å². The van der Waals surface area contributed by atoms with E-state index in [9.17, 15) is 26.3 Å². The van der Waals surface area contributed by atoms with Gasteiger partial charge in [-0.25, -0.2) is 17.6 Å². The molecule has 0 aromatic rings. The van der Waals surface area contributed by atoms with Gasteiger partial charge in [-0.05, 0) is 0 Å². The van der Waals surface area contributed by atoms with Gasteiger partial charge in [-0.15, -0.1) is 0 Å². The number of halogens is 6. The third-order valence-electron chi connectivity index (χ3n) is 1.15. The van der Waals surface area contributed by atoms with Crippen LogP contribution in [0.3, 0.4) is 0 Å². The molecule has 0 aromatic carbocycles. The summed E-state index contributed by atoms with van der Waals surface area (Å²) in [4.78, 5) is 0. The molecule has 0 aliphatic rings. The van der Waals surface area contributed by atoms with E-state index in [1.807, 2.05) is 0 Å². The number of hydrogen-bond donors (Lipinski definition) is 0. The normalized spacial score (nSPS) is 15.8. The van der Waals surface area contributed by atoms with E-state index in [0.29, 0.717) is 7.11 Å². The number of ether oxygens (including phenoxy) is 1. The molecule has 0 saturated carbocycles. The smallest absolute Gasteiger partial charge is 0.338 e. The summed E-state index contributed by atoms with van der Waals surface area (Å²) in [6.45, 7) is 0. The molecule has 1 atom stereocenters. The summed E-state index contributed by atoms with van der Waals surface area (Å²) in [7, 11) is 0.521. The maximum Gasteiger partial charge on any atom is 0.338 e. The van der Waals surface area contributed by atoms with Gasteiger partial charge >= 0.3 is 12.3 Å². The van der Waals surface area contributed by atoms with Crippen LogP contribution in [0, 0.1) is 0 Å². The molecule has 0 aromatic heterocycles. The predicted octanol–water partition coefficient (Wildman–Crippen LogP) is 2.17. The van der Waals surface area contributed by atoms with Crippen LogP contribution >= 0.6 is 0 Å². The van der Waals surface area contributed by atoms with Gasteiger partial charge in [0.15, 0.2) is 6.10 Å². The Balaban J connectivity index is 4.47. The first-order valence-corrected chi connectivity index (χ1v) is 2.81. The first-order chi connectivity index (χ1) is 5.34. The molecule has 7 heteroatoms. The lowest BCUT2D eigenvalue weighted by Gasteiger charge is -2.23. The van der Waals surface area contributed by atoms with Crippen LogP contribution in [0.25, 0.3) is 0 Å². The zero-order chi connectivity index (χ0) is 9.94. The Morgan fingerprint density at radius 1 is 1.08 bits per heavy atom. The Morgan fingerprint density at radius 3 is 1.58 bits per heavy atom. The molecule has 0 heterocycles. The fourth-order valence-corrected chi connectivity index (χ4v) is 0.552. The standard InChI is InChI=1S/C5H6F6O/c1-12-2(3(6)7)5(10,11)4(8)9/h2-4H,1H3. The van der Waals surface area contributed by atoms with Crippen LogP contribution in [0.1, 0.15) is 0 Å². The van der Waals surface area contributed by atoms with Crippen LogP contribution in [0.5, 0.6) is 0 Å². The molecule has 0 N–H and O–H groups in total. The Bertz CT molecular complexity index is 136. The minimum absolute atomic E-state index is 0.521. The first-order valence-electron chi connectivity index (χ1n) is 2.81. The van der Waals surface area contributed by atoms with Crippen LogP contribution in [-0.2, 0) is 4.74 Å². The van der Waals surface area contributed by atoms with Crippen molar-refractivity contribution in [2.45, 2.75) is 24.9 Å². The van der Waals surface area contributed by atoms with Crippen LogP contribution in [-0.4, -0.2) is 32.0 Å². The molecule has 0 fully saturated rings. The van der Waals surface area contributed by atoms with Crippen molar-refractivity contribution in [1.82, 2.24) is 0 Å². The molecule has 0 aliphatic heterocycles. The second-order valence-electron chi connectivity index (χ2n) is 1.97. The van der Waals surface area contributed by atoms with Gasteiger partial charge < -0.3 is 4.74 Å². The lowest BCUT2D eigenvalue weighted by atomic mass is 10.2. The predicted molar refractivity (Wildman–Crippen MR) is 27.8 cm³/mol. The van der Waals surface area contributed by atoms with Crippen molar-refractivity contribution in [1.29, 1.82) is 0 Å². The van der Waals surface area contributed by atoms with Gasteiger partial charge in [0.25, 0.3) is 6.43 Å². The van der Waals surface area contributed by atoms with Gasteiger partial charge in [-0.1, -0.05) is 0 Å². The lowest BCUT2D eigenvalue weighted by molar-refractivity contribution is -0.231. The molecule has 0 rings (SSSR count). The summed E-state index contributed by atoms with van der Waals surface area (Å²) >= 11 is 0. The van der Waals surface area contributed by atoms with E-state index >= 15 is 0 Å². The minimum atomic E-state index is -4.82. The third-order valence-corrected chi connectivity index (χ3v) is 1.15. The summed E-state index contributed by atoms with van der Waals surface area (Å²) in [6, 6.07) is 0. The number of alkyl halides is 6. The van der Waals surface area contributed by atoms with E-state index in [1.54, 1.807) is 0 Å². The molecule has 0 radical (unpaired) electrons. The largest absolute Gasteiger partial charge is 0.369 e. The van der Waals surface area contributed by atoms with Gasteiger partial charge in [-0.2, -0.15) is 8.78 Å². The number of hydrogen-bond acceptors (Lipinski definition) is 1. The first kappa shape index (κ1) is 11.5. The van der Waals surface area contributed by atoms with Gasteiger partial charge in [0.2, 0.25) is 0 Å². The van der Waals surface area contributed by atoms with Crippen molar-refractivity contribution in [3.05, 3.63) is 0 Å². The van der Waals surface area contributed by atoms with Gasteiger partial charge in [0.05, 0.1) is 0 Å². The van der Waals surface area contributed by atoms with E-state index in [4.69, 9.17) is 0 Å². The van der Waals surface area contributed by atoms with Gasteiger partial charge in [0.1, 0.15) is 0 Å². The summed E-state index contributed by atoms with van der Waals surface area (Å²) in [5, 5.41) is 0. The summed E-state index contributed by atoms with van der Waals surface area (Å²) in [5.74, 6) is -4.82. The van der Waals surface area contributed by atoms with Crippen molar-refractivity contribution in [3.63, 3.8) is 0 Å². The maximum absolute atomic E-state index is 12.1. The third kappa shape index (κ3) is 2.26. The highest BCUT2D eigenvalue weighted by molar-refractivity contribution is 4.82. The second kappa shape index (κ2) is 3.97. The summed E-state index contributed by atoms with van der Waals surface area (Å²) < 4.78 is 73.9. The molecule has 74 valence electrons. The zero-order valence-corrected chi connectivity index (χ0v) is 5.91. The van der Waals surface area contributed by atoms with E-state index in [-0.39, 0.29) is 0 Å². The Hall–Kier alpha value is -0.460. The van der Waals surface area contributed by atoms with Crippen LogP contribution < -0.4 is 0 Å². The molecule has 0 bridgehead atoms. The Labute approximate surface area is 64.3 Å². The molecular weight excluding hydrogens is 190 g/mol. The van der Waals surface area contributed by atoms with E-state index in [2.05, 4.69) is 4.74 Å². The SMILES string of the molecule is COC(C(F)F)C(F)(F)C(F)F. The van der Waals surface area contributed by atoms with Crippen LogP contribution in [0.4, 0.5) is 26.3 Å². The van der Waals surface area contributed by atoms with Crippen molar-refractivity contribution in [3.8, 4) is 0 Å². The average Bonchev–Trinajstić information content (AvgIpc) is 1.86. The second-order valence-corrected chi connectivity index (χ2v) is 1.97. The maximum atomic E-state index is 12.1. The van der Waals surface area contributed by atoms with Gasteiger partial charge in [0, 0.05) is 7.11 Å². The molecule has 1 nitrogen and oxygen atoms in total. The van der Waals surface area contributed by atoms with Crippen molar-refractivity contribution < 1.29 is 31.1 Å². The van der Waals surface area contributed by atoms with Crippen molar-refractivity contribution >= 4 is 0 Å². The molecular formula is C5H6F6O. The van der Waals surface area contributed by atoms with Gasteiger partial charge in [-0.3, -0.25) is 0 Å². The van der Waals surface area contributed by atoms with Crippen LogP contribution in [0.15, 0.2) is 0 Å². The molecule has 0 spiro atoms. The molecule has 0 aliphatic carbocycles. The quantitative estimate of drug-likeness (QED) is 0.626. The fraction of sp³-hybridized carbons (Fsp3) is 1.00. The highest BCUT2D eigenvalue weighted by Crippen LogP contribution is 2.31. The number of methoxy groups -OCH3 is 1. The lowest BCUT2D eigenvalue weighted by Crippen LogP contribution is -2.46. The van der Waals surface area contributed by atoms with E-state index in [0.717, 1.165) is 0 Å². The van der Waals surface area contributed by atoms with E-state index < -0.39 is 24.9 Å². The highest BCUT2D eigenvalue weighted by Gasteiger charge is 2.53. The fourth-order valence-electron chi connectivity index (χ4n) is 0.552. The van der Waals surface area contributed by atoms with E-state index in [1.165, 1.54) is 0 Å². The summed E-state index contributed by atoms with van der Waals surface area (Å²) in [6.07, 6.45) is -10.9. The molecule has 12 heavy (non-hydrogen) atoms. The molecule has 0 amide bonds. The monoisotopic (exact) mass is 196 g/mol. The van der Waals surface area contributed by atoms with Crippen LogP contribution in [0.2, 0.25) is 0 Å². The summed E-state index contributed by atoms with van der Waals surface area (Å²) in [5.41, 5.74) is 0. The molecule has 1 unspecified atom stereocenters. The topological polar surface area (TPSA) is 9.23 Å². The zero-order valence-electron chi connectivity index (χ0n) is 5.91. The average molecular weight is 196 g/mol.